The largest absolute Gasteiger partial charge is 0.328 e. The molecule has 94 valence electrons. The quantitative estimate of drug-likeness (QED) is 0.835. The van der Waals surface area contributed by atoms with Gasteiger partial charge in [-0.2, -0.15) is 0 Å². The summed E-state index contributed by atoms with van der Waals surface area (Å²) in [5, 5.41) is 0. The van der Waals surface area contributed by atoms with E-state index in [0.29, 0.717) is 12.0 Å². The van der Waals surface area contributed by atoms with Gasteiger partial charge in [0.15, 0.2) is 0 Å². The molecule has 0 bridgehead atoms. The Kier molecular flexibility index (Phi) is 3.48. The Morgan fingerprint density at radius 2 is 1.59 bits per heavy atom. The molecular weight excluding hydrogens is 220 g/mol. The molecule has 1 aromatic carbocycles. The van der Waals surface area contributed by atoms with E-state index >= 15 is 0 Å². The summed E-state index contributed by atoms with van der Waals surface area (Å²) in [6, 6.07) is 7.10. The SMILES string of the molecule is CC(F)(F)c1ccc(C2CCC(N)CC2)cc1. The molecular formula is C14H19F2N. The Morgan fingerprint density at radius 3 is 2.06 bits per heavy atom. The molecule has 0 spiro atoms. The topological polar surface area (TPSA) is 26.0 Å². The number of benzene rings is 1. The van der Waals surface area contributed by atoms with Gasteiger partial charge in [-0.3, -0.25) is 0 Å². The van der Waals surface area contributed by atoms with Crippen LogP contribution >= 0.6 is 0 Å². The van der Waals surface area contributed by atoms with Crippen LogP contribution in [-0.2, 0) is 5.92 Å². The van der Waals surface area contributed by atoms with Crippen molar-refractivity contribution in [3.05, 3.63) is 35.4 Å². The number of alkyl halides is 2. The van der Waals surface area contributed by atoms with Crippen LogP contribution in [0.4, 0.5) is 8.78 Å². The number of hydrogen-bond donors (Lipinski definition) is 1. The van der Waals surface area contributed by atoms with Crippen molar-refractivity contribution in [3.8, 4) is 0 Å². The van der Waals surface area contributed by atoms with E-state index in [1.54, 1.807) is 12.1 Å². The molecule has 2 N–H and O–H groups in total. The van der Waals surface area contributed by atoms with Crippen LogP contribution in [0.5, 0.6) is 0 Å². The lowest BCUT2D eigenvalue weighted by Crippen LogP contribution is -2.25. The second kappa shape index (κ2) is 4.73. The molecule has 2 rings (SSSR count). The summed E-state index contributed by atoms with van der Waals surface area (Å²) in [6.45, 7) is 0.932. The highest BCUT2D eigenvalue weighted by Gasteiger charge is 2.25. The summed E-state index contributed by atoms with van der Waals surface area (Å²) in [4.78, 5) is 0. The first kappa shape index (κ1) is 12.5. The molecule has 3 heteroatoms. The van der Waals surface area contributed by atoms with Crippen molar-refractivity contribution in [2.45, 2.75) is 50.5 Å². The number of rotatable bonds is 2. The number of hydrogen-bond acceptors (Lipinski definition) is 1. The molecule has 1 aliphatic rings. The highest BCUT2D eigenvalue weighted by Crippen LogP contribution is 2.34. The van der Waals surface area contributed by atoms with Crippen LogP contribution in [0.2, 0.25) is 0 Å². The molecule has 0 unspecified atom stereocenters. The molecule has 1 saturated carbocycles. The van der Waals surface area contributed by atoms with Gasteiger partial charge in [0.25, 0.3) is 5.92 Å². The molecule has 17 heavy (non-hydrogen) atoms. The summed E-state index contributed by atoms with van der Waals surface area (Å²) >= 11 is 0. The van der Waals surface area contributed by atoms with Crippen molar-refractivity contribution in [2.75, 3.05) is 0 Å². The first-order valence-corrected chi connectivity index (χ1v) is 6.20. The first-order chi connectivity index (χ1) is 7.97. The van der Waals surface area contributed by atoms with Crippen molar-refractivity contribution in [1.82, 2.24) is 0 Å². The van der Waals surface area contributed by atoms with E-state index in [4.69, 9.17) is 5.73 Å². The lowest BCUT2D eigenvalue weighted by Gasteiger charge is -2.26. The Labute approximate surface area is 101 Å². The van der Waals surface area contributed by atoms with Crippen LogP contribution in [0.15, 0.2) is 24.3 Å². The number of nitrogens with two attached hydrogens (primary N) is 1. The van der Waals surface area contributed by atoms with Gasteiger partial charge in [0, 0.05) is 18.5 Å². The second-order valence-electron chi connectivity index (χ2n) is 5.12. The van der Waals surface area contributed by atoms with Gasteiger partial charge in [-0.05, 0) is 37.2 Å². The van der Waals surface area contributed by atoms with Gasteiger partial charge in [-0.1, -0.05) is 24.3 Å². The van der Waals surface area contributed by atoms with Crippen molar-refractivity contribution in [2.24, 2.45) is 5.73 Å². The smallest absolute Gasteiger partial charge is 0.270 e. The molecule has 1 nitrogen and oxygen atoms in total. The number of halogens is 2. The van der Waals surface area contributed by atoms with E-state index in [9.17, 15) is 8.78 Å². The molecule has 0 aromatic heterocycles. The van der Waals surface area contributed by atoms with Crippen molar-refractivity contribution in [3.63, 3.8) is 0 Å². The van der Waals surface area contributed by atoms with Gasteiger partial charge in [0.2, 0.25) is 0 Å². The van der Waals surface area contributed by atoms with E-state index in [1.807, 2.05) is 12.1 Å². The molecule has 0 saturated heterocycles. The average Bonchev–Trinajstić information content (AvgIpc) is 2.29. The summed E-state index contributed by atoms with van der Waals surface area (Å²) < 4.78 is 26.1. The second-order valence-corrected chi connectivity index (χ2v) is 5.12. The van der Waals surface area contributed by atoms with Crippen molar-refractivity contribution < 1.29 is 8.78 Å². The van der Waals surface area contributed by atoms with Gasteiger partial charge >= 0.3 is 0 Å². The van der Waals surface area contributed by atoms with E-state index in [2.05, 4.69) is 0 Å². The molecule has 0 atom stereocenters. The molecule has 1 fully saturated rings. The van der Waals surface area contributed by atoms with Gasteiger partial charge in [0.1, 0.15) is 0 Å². The zero-order valence-corrected chi connectivity index (χ0v) is 10.1. The van der Waals surface area contributed by atoms with Gasteiger partial charge in [-0.25, -0.2) is 8.78 Å². The normalized spacial score (nSPS) is 25.9. The average molecular weight is 239 g/mol. The van der Waals surface area contributed by atoms with Crippen LogP contribution in [0.1, 0.15) is 49.7 Å². The first-order valence-electron chi connectivity index (χ1n) is 6.20. The molecule has 1 aromatic rings. The fraction of sp³-hybridized carbons (Fsp3) is 0.571. The van der Waals surface area contributed by atoms with E-state index in [0.717, 1.165) is 32.6 Å². The Morgan fingerprint density at radius 1 is 1.06 bits per heavy atom. The minimum atomic E-state index is -2.74. The minimum absolute atomic E-state index is 0.0914. The maximum atomic E-state index is 13.1. The molecule has 0 heterocycles. The highest BCUT2D eigenvalue weighted by atomic mass is 19.3. The van der Waals surface area contributed by atoms with Crippen LogP contribution in [-0.4, -0.2) is 6.04 Å². The Balaban J connectivity index is 2.08. The van der Waals surface area contributed by atoms with E-state index < -0.39 is 5.92 Å². The van der Waals surface area contributed by atoms with Gasteiger partial charge < -0.3 is 5.73 Å². The summed E-state index contributed by atoms with van der Waals surface area (Å²) in [5.74, 6) is -2.25. The van der Waals surface area contributed by atoms with Crippen LogP contribution in [0.3, 0.4) is 0 Å². The molecule has 0 radical (unpaired) electrons. The predicted octanol–water partition coefficient (Wildman–Crippen LogP) is 3.78. The lowest BCUT2D eigenvalue weighted by atomic mass is 9.82. The Bertz CT molecular complexity index is 359. The van der Waals surface area contributed by atoms with E-state index in [-0.39, 0.29) is 5.56 Å². The monoisotopic (exact) mass is 239 g/mol. The van der Waals surface area contributed by atoms with Crippen molar-refractivity contribution in [1.29, 1.82) is 0 Å². The third-order valence-electron chi connectivity index (χ3n) is 3.66. The zero-order valence-electron chi connectivity index (χ0n) is 10.1. The summed E-state index contributed by atoms with van der Waals surface area (Å²) in [5.41, 5.74) is 7.12. The molecule has 0 amide bonds. The molecule has 1 aliphatic carbocycles. The Hall–Kier alpha value is -0.960. The third-order valence-corrected chi connectivity index (χ3v) is 3.66. The van der Waals surface area contributed by atoms with Crippen LogP contribution in [0.25, 0.3) is 0 Å². The van der Waals surface area contributed by atoms with Gasteiger partial charge in [0.05, 0.1) is 0 Å². The lowest BCUT2D eigenvalue weighted by molar-refractivity contribution is 0.0174. The van der Waals surface area contributed by atoms with Crippen LogP contribution < -0.4 is 5.73 Å². The van der Waals surface area contributed by atoms with E-state index in [1.165, 1.54) is 5.56 Å². The molecule has 0 aliphatic heterocycles. The standard InChI is InChI=1S/C14H19F2N/c1-14(15,16)12-6-2-10(3-7-12)11-4-8-13(17)9-5-11/h2-3,6-7,11,13H,4-5,8-9,17H2,1H3. The maximum Gasteiger partial charge on any atom is 0.270 e. The van der Waals surface area contributed by atoms with Crippen LogP contribution in [0, 0.1) is 0 Å². The highest BCUT2D eigenvalue weighted by molar-refractivity contribution is 5.28. The van der Waals surface area contributed by atoms with Gasteiger partial charge in [-0.15, -0.1) is 0 Å². The zero-order chi connectivity index (χ0) is 12.5. The fourth-order valence-electron chi connectivity index (χ4n) is 2.50. The summed E-state index contributed by atoms with van der Waals surface area (Å²) in [6.07, 6.45) is 4.22. The maximum absolute atomic E-state index is 13.1. The minimum Gasteiger partial charge on any atom is -0.328 e. The fourth-order valence-corrected chi connectivity index (χ4v) is 2.50. The summed E-state index contributed by atoms with van der Waals surface area (Å²) in [7, 11) is 0. The van der Waals surface area contributed by atoms with Crippen molar-refractivity contribution >= 4 is 0 Å². The third kappa shape index (κ3) is 3.03. The predicted molar refractivity (Wildman–Crippen MR) is 65.2 cm³/mol.